The van der Waals surface area contributed by atoms with E-state index in [2.05, 4.69) is 30.1 Å². The van der Waals surface area contributed by atoms with Gasteiger partial charge < -0.3 is 4.98 Å². The first-order valence-electron chi connectivity index (χ1n) is 10.0. The second-order valence-electron chi connectivity index (χ2n) is 7.53. The molecule has 0 atom stereocenters. The highest BCUT2D eigenvalue weighted by atomic mass is 19.1. The topological polar surface area (TPSA) is 96.0 Å². The second-order valence-corrected chi connectivity index (χ2v) is 7.53. The van der Waals surface area contributed by atoms with Gasteiger partial charge in [-0.05, 0) is 55.0 Å². The number of nitrogens with zero attached hydrogens (tertiary/aromatic N) is 5. The monoisotopic (exact) mass is 421 g/mol. The molecule has 0 fully saturated rings. The van der Waals surface area contributed by atoms with Crippen LogP contribution >= 0.6 is 0 Å². The van der Waals surface area contributed by atoms with Gasteiger partial charge in [0.2, 0.25) is 0 Å². The zero-order valence-corrected chi connectivity index (χ0v) is 17.0. The summed E-state index contributed by atoms with van der Waals surface area (Å²) in [4.78, 5) is 21.4. The number of aromatic nitrogens is 7. The van der Waals surface area contributed by atoms with Crippen LogP contribution in [0.5, 0.6) is 0 Å². The van der Waals surface area contributed by atoms with E-state index in [9.17, 15) is 4.39 Å². The summed E-state index contributed by atoms with van der Waals surface area (Å²) >= 11 is 0. The average molecular weight is 421 g/mol. The van der Waals surface area contributed by atoms with E-state index in [-0.39, 0.29) is 5.82 Å². The zero-order chi connectivity index (χ0) is 21.7. The van der Waals surface area contributed by atoms with E-state index in [1.54, 1.807) is 24.5 Å². The Morgan fingerprint density at radius 1 is 0.875 bits per heavy atom. The molecule has 0 unspecified atom stereocenters. The van der Waals surface area contributed by atoms with Crippen molar-refractivity contribution in [3.8, 4) is 33.9 Å². The second kappa shape index (κ2) is 7.05. The maximum Gasteiger partial charge on any atom is 0.159 e. The van der Waals surface area contributed by atoms with Crippen LogP contribution in [-0.4, -0.2) is 35.1 Å². The van der Waals surface area contributed by atoms with Gasteiger partial charge in [0.05, 0.1) is 16.6 Å². The van der Waals surface area contributed by atoms with Crippen LogP contribution in [-0.2, 0) is 0 Å². The minimum absolute atomic E-state index is 0.293. The van der Waals surface area contributed by atoms with Gasteiger partial charge in [-0.3, -0.25) is 15.1 Å². The van der Waals surface area contributed by atoms with Gasteiger partial charge in [-0.1, -0.05) is 0 Å². The first-order chi connectivity index (χ1) is 15.7. The number of aryl methyl sites for hydroxylation is 1. The van der Waals surface area contributed by atoms with Gasteiger partial charge >= 0.3 is 0 Å². The number of fused-ring (bicyclic) bond motifs is 2. The summed E-state index contributed by atoms with van der Waals surface area (Å²) in [5.74, 6) is 0.309. The van der Waals surface area contributed by atoms with E-state index in [0.717, 1.165) is 33.2 Å². The van der Waals surface area contributed by atoms with Gasteiger partial charge in [0.1, 0.15) is 17.0 Å². The van der Waals surface area contributed by atoms with Crippen LogP contribution in [0.2, 0.25) is 0 Å². The van der Waals surface area contributed by atoms with Crippen molar-refractivity contribution in [2.45, 2.75) is 6.92 Å². The fraction of sp³-hybridized carbons (Fsp3) is 0.0417. The molecule has 2 N–H and O–H groups in total. The third-order valence-corrected chi connectivity index (χ3v) is 5.51. The third kappa shape index (κ3) is 2.92. The van der Waals surface area contributed by atoms with Crippen molar-refractivity contribution in [2.24, 2.45) is 0 Å². The lowest BCUT2D eigenvalue weighted by atomic mass is 10.0. The molecule has 0 aliphatic carbocycles. The van der Waals surface area contributed by atoms with Crippen molar-refractivity contribution in [1.82, 2.24) is 35.1 Å². The molecule has 0 amide bonds. The van der Waals surface area contributed by atoms with E-state index in [1.165, 1.54) is 12.1 Å². The predicted molar refractivity (Wildman–Crippen MR) is 120 cm³/mol. The Bertz CT molecular complexity index is 1600. The SMILES string of the molecule is Cc1ccncc1-c1cnc2[nH]nc(-c3nc4c(-c5ccc(F)cc5)nccc4[nH]3)c2c1. The Hall–Kier alpha value is -4.46. The molecule has 7 nitrogen and oxygen atoms in total. The molecular weight excluding hydrogens is 405 g/mol. The Labute approximate surface area is 181 Å². The van der Waals surface area contributed by atoms with Crippen LogP contribution in [0.3, 0.4) is 0 Å². The minimum Gasteiger partial charge on any atom is -0.336 e. The minimum atomic E-state index is -0.293. The van der Waals surface area contributed by atoms with Crippen molar-refractivity contribution in [3.63, 3.8) is 0 Å². The number of halogens is 1. The smallest absolute Gasteiger partial charge is 0.159 e. The summed E-state index contributed by atoms with van der Waals surface area (Å²) in [6.07, 6.45) is 7.12. The molecule has 0 saturated carbocycles. The molecule has 1 aromatic carbocycles. The largest absolute Gasteiger partial charge is 0.336 e. The van der Waals surface area contributed by atoms with E-state index < -0.39 is 0 Å². The molecule has 5 heterocycles. The van der Waals surface area contributed by atoms with Crippen LogP contribution in [0.15, 0.2) is 67.3 Å². The maximum absolute atomic E-state index is 13.4. The lowest BCUT2D eigenvalue weighted by molar-refractivity contribution is 0.628. The predicted octanol–water partition coefficient (Wildman–Crippen LogP) is 5.07. The van der Waals surface area contributed by atoms with Gasteiger partial charge in [-0.15, -0.1) is 0 Å². The first-order valence-corrected chi connectivity index (χ1v) is 10.0. The maximum atomic E-state index is 13.4. The summed E-state index contributed by atoms with van der Waals surface area (Å²) in [5.41, 5.74) is 7.39. The molecule has 0 aliphatic heterocycles. The normalized spacial score (nSPS) is 11.4. The van der Waals surface area contributed by atoms with Crippen LogP contribution in [0.25, 0.3) is 56.0 Å². The zero-order valence-electron chi connectivity index (χ0n) is 17.0. The van der Waals surface area contributed by atoms with Crippen LogP contribution in [0, 0.1) is 12.7 Å². The Morgan fingerprint density at radius 2 is 1.75 bits per heavy atom. The molecule has 5 aromatic heterocycles. The molecule has 0 bridgehead atoms. The number of hydrogen-bond donors (Lipinski definition) is 2. The lowest BCUT2D eigenvalue weighted by Crippen LogP contribution is -1.87. The van der Waals surface area contributed by atoms with Gasteiger partial charge in [0.25, 0.3) is 0 Å². The Morgan fingerprint density at radius 3 is 2.59 bits per heavy atom. The highest BCUT2D eigenvalue weighted by molar-refractivity contribution is 5.96. The molecular formula is C24H16FN7. The fourth-order valence-corrected chi connectivity index (χ4v) is 3.86. The number of aromatic amines is 2. The average Bonchev–Trinajstić information content (AvgIpc) is 3.43. The molecule has 32 heavy (non-hydrogen) atoms. The fourth-order valence-electron chi connectivity index (χ4n) is 3.86. The third-order valence-electron chi connectivity index (χ3n) is 5.51. The molecule has 0 radical (unpaired) electrons. The number of pyridine rings is 3. The van der Waals surface area contributed by atoms with Gasteiger partial charge in [0.15, 0.2) is 11.5 Å². The Balaban J connectivity index is 1.51. The molecule has 6 rings (SSSR count). The number of imidazole rings is 1. The molecule has 6 aromatic rings. The van der Waals surface area contributed by atoms with E-state index in [4.69, 9.17) is 4.98 Å². The Kier molecular flexibility index (Phi) is 4.04. The first kappa shape index (κ1) is 18.3. The summed E-state index contributed by atoms with van der Waals surface area (Å²) in [5, 5.41) is 8.30. The lowest BCUT2D eigenvalue weighted by Gasteiger charge is -2.04. The summed E-state index contributed by atoms with van der Waals surface area (Å²) in [6, 6.07) is 12.1. The van der Waals surface area contributed by atoms with E-state index in [0.29, 0.717) is 28.4 Å². The van der Waals surface area contributed by atoms with Crippen molar-refractivity contribution in [3.05, 3.63) is 78.6 Å². The number of hydrogen-bond acceptors (Lipinski definition) is 5. The quantitative estimate of drug-likeness (QED) is 0.416. The van der Waals surface area contributed by atoms with Crippen LogP contribution in [0.4, 0.5) is 4.39 Å². The molecule has 0 aliphatic rings. The van der Waals surface area contributed by atoms with Gasteiger partial charge in [0, 0.05) is 41.5 Å². The van der Waals surface area contributed by atoms with Crippen LogP contribution < -0.4 is 0 Å². The molecule has 0 saturated heterocycles. The van der Waals surface area contributed by atoms with Crippen molar-refractivity contribution >= 4 is 22.1 Å². The molecule has 0 spiro atoms. The van der Waals surface area contributed by atoms with Crippen LogP contribution in [0.1, 0.15) is 5.56 Å². The number of nitrogens with one attached hydrogen (secondary N) is 2. The number of rotatable bonds is 3. The highest BCUT2D eigenvalue weighted by Gasteiger charge is 2.17. The van der Waals surface area contributed by atoms with E-state index >= 15 is 0 Å². The van der Waals surface area contributed by atoms with Crippen molar-refractivity contribution in [1.29, 1.82) is 0 Å². The highest BCUT2D eigenvalue weighted by Crippen LogP contribution is 2.32. The van der Waals surface area contributed by atoms with Crippen molar-refractivity contribution in [2.75, 3.05) is 0 Å². The molecule has 154 valence electrons. The summed E-state index contributed by atoms with van der Waals surface area (Å²) in [7, 11) is 0. The standard InChI is InChI=1S/C24H16FN7/c1-13-6-8-26-12-18(13)15-10-17-21(31-32-23(17)28-11-15)24-29-19-7-9-27-20(22(19)30-24)14-2-4-16(25)5-3-14/h2-12H,1H3,(H,29,30)(H,28,31,32). The number of benzene rings is 1. The van der Waals surface area contributed by atoms with E-state index in [1.807, 2.05) is 37.5 Å². The summed E-state index contributed by atoms with van der Waals surface area (Å²) < 4.78 is 13.4. The van der Waals surface area contributed by atoms with Crippen molar-refractivity contribution < 1.29 is 4.39 Å². The summed E-state index contributed by atoms with van der Waals surface area (Å²) in [6.45, 7) is 2.04. The van der Waals surface area contributed by atoms with Gasteiger partial charge in [-0.2, -0.15) is 5.10 Å². The van der Waals surface area contributed by atoms with Gasteiger partial charge in [-0.25, -0.2) is 14.4 Å². The molecule has 8 heteroatoms. The number of H-pyrrole nitrogens is 2.